The maximum atomic E-state index is 14.6. The van der Waals surface area contributed by atoms with Gasteiger partial charge in [0.2, 0.25) is 41.4 Å². The lowest BCUT2D eigenvalue weighted by molar-refractivity contribution is -0.163. The first-order valence-electron chi connectivity index (χ1n) is 24.3. The summed E-state index contributed by atoms with van der Waals surface area (Å²) in [5.41, 5.74) is -0.397. The molecular formula is C50H82N8O11. The van der Waals surface area contributed by atoms with Gasteiger partial charge in [-0.25, -0.2) is 0 Å². The number of cyclic esters (lactones) is 1. The Morgan fingerprint density at radius 1 is 0.696 bits per heavy atom. The number of amides is 8. The van der Waals surface area contributed by atoms with Gasteiger partial charge in [0, 0.05) is 51.0 Å². The summed E-state index contributed by atoms with van der Waals surface area (Å²) in [6.07, 6.45) is 0.155. The van der Waals surface area contributed by atoms with E-state index in [1.165, 1.54) is 49.9 Å². The van der Waals surface area contributed by atoms with E-state index < -0.39 is 132 Å². The third kappa shape index (κ3) is 16.4. The minimum Gasteiger partial charge on any atom is -0.497 e. The molecule has 388 valence electrons. The zero-order valence-electron chi connectivity index (χ0n) is 43.9. The molecular weight excluding hydrogens is 889 g/mol. The van der Waals surface area contributed by atoms with E-state index in [1.54, 1.807) is 86.6 Å². The van der Waals surface area contributed by atoms with Crippen LogP contribution in [0.4, 0.5) is 0 Å². The quantitative estimate of drug-likeness (QED) is 0.226. The third-order valence-corrected chi connectivity index (χ3v) is 13.5. The Morgan fingerprint density at radius 3 is 1.74 bits per heavy atom. The van der Waals surface area contributed by atoms with Crippen LogP contribution in [-0.2, 0) is 54.3 Å². The molecule has 69 heavy (non-hydrogen) atoms. The van der Waals surface area contributed by atoms with Crippen molar-refractivity contribution < 1.29 is 52.6 Å². The first-order chi connectivity index (χ1) is 32.2. The Kier molecular flexibility index (Phi) is 23.1. The number of carbonyl (C=O) groups is 9. The van der Waals surface area contributed by atoms with E-state index in [0.29, 0.717) is 30.6 Å². The number of esters is 1. The van der Waals surface area contributed by atoms with Crippen LogP contribution in [0.5, 0.6) is 5.75 Å². The van der Waals surface area contributed by atoms with E-state index in [9.17, 15) is 43.2 Å². The van der Waals surface area contributed by atoms with E-state index in [0.717, 1.165) is 0 Å². The van der Waals surface area contributed by atoms with Crippen molar-refractivity contribution in [3.8, 4) is 5.75 Å². The maximum Gasteiger partial charge on any atom is 0.311 e. The molecule has 19 nitrogen and oxygen atoms in total. The maximum absolute atomic E-state index is 14.6. The Labute approximate surface area is 409 Å². The number of hydrogen-bond donors (Lipinski definition) is 5. The second kappa shape index (κ2) is 26.9. The molecule has 1 saturated heterocycles. The van der Waals surface area contributed by atoms with Gasteiger partial charge in [-0.15, -0.1) is 0 Å². The number of rotatable bonds is 9. The molecule has 5 N–H and O–H groups in total. The van der Waals surface area contributed by atoms with Gasteiger partial charge in [0.1, 0.15) is 29.9 Å². The van der Waals surface area contributed by atoms with Gasteiger partial charge in [0.25, 0.3) is 5.91 Å². The molecule has 2 rings (SSSR count). The number of hydrogen-bond acceptors (Lipinski definition) is 11. The van der Waals surface area contributed by atoms with Crippen molar-refractivity contribution in [1.82, 2.24) is 41.3 Å². The predicted molar refractivity (Wildman–Crippen MR) is 261 cm³/mol. The zero-order chi connectivity index (χ0) is 52.7. The number of carbonyl (C=O) groups excluding carboxylic acids is 9. The number of methoxy groups -OCH3 is 1. The number of benzene rings is 1. The molecule has 0 saturated carbocycles. The lowest BCUT2D eigenvalue weighted by atomic mass is 9.84. The van der Waals surface area contributed by atoms with Crippen LogP contribution >= 0.6 is 0 Å². The van der Waals surface area contributed by atoms with Crippen molar-refractivity contribution in [2.24, 2.45) is 29.1 Å². The van der Waals surface area contributed by atoms with E-state index in [-0.39, 0.29) is 18.8 Å². The molecule has 1 fully saturated rings. The van der Waals surface area contributed by atoms with Crippen molar-refractivity contribution in [3.63, 3.8) is 0 Å². The minimum absolute atomic E-state index is 0.0836. The van der Waals surface area contributed by atoms with Gasteiger partial charge in [-0.1, -0.05) is 80.9 Å². The van der Waals surface area contributed by atoms with Crippen molar-refractivity contribution in [3.05, 3.63) is 29.8 Å². The van der Waals surface area contributed by atoms with Gasteiger partial charge in [-0.05, 0) is 69.6 Å². The Morgan fingerprint density at radius 2 is 1.23 bits per heavy atom. The fourth-order valence-corrected chi connectivity index (χ4v) is 8.41. The molecule has 1 aliphatic heterocycles. The van der Waals surface area contributed by atoms with Crippen LogP contribution in [0.15, 0.2) is 24.3 Å². The largest absolute Gasteiger partial charge is 0.497 e. The summed E-state index contributed by atoms with van der Waals surface area (Å²) >= 11 is 0. The van der Waals surface area contributed by atoms with Gasteiger partial charge in [-0.2, -0.15) is 0 Å². The molecule has 0 bridgehead atoms. The first kappa shape index (κ1) is 59.4. The highest BCUT2D eigenvalue weighted by Gasteiger charge is 2.40. The predicted octanol–water partition coefficient (Wildman–Crippen LogP) is 2.58. The van der Waals surface area contributed by atoms with E-state index >= 15 is 0 Å². The standard InChI is InChI=1S/C50H82N8O11/c1-17-29(6)41-45(63)51-26-38(59)57(14)40(28(4)5)47(65)56(13)37(24-34-20-22-35(68-16)23-21-34)44(62)53-31(8)25-50(11,12)49(67)54-33(10)43(61)55-36(19-3)32(9)48(66)69-42(30(7)18-2)46(64)52-27-39(60)58(41)15/h20-23,28-33,36-37,40-42H,17-19,24-27H2,1-16H3,(H,51,63)(H,52,64)(H,53,62)(H,54,67)(H,55,61). The number of likely N-dealkylation sites (N-methyl/N-ethyl adjacent to an activating group) is 3. The average Bonchev–Trinajstić information content (AvgIpc) is 3.30. The fraction of sp³-hybridized carbons (Fsp3) is 0.700. The Bertz CT molecular complexity index is 1960. The summed E-state index contributed by atoms with van der Waals surface area (Å²) in [6.45, 7) is 19.6. The van der Waals surface area contributed by atoms with Gasteiger partial charge in [0.15, 0.2) is 6.10 Å². The van der Waals surface area contributed by atoms with Crippen molar-refractivity contribution in [1.29, 1.82) is 0 Å². The van der Waals surface area contributed by atoms with Crippen LogP contribution in [-0.4, -0.2) is 152 Å². The monoisotopic (exact) mass is 971 g/mol. The summed E-state index contributed by atoms with van der Waals surface area (Å²) < 4.78 is 11.1. The van der Waals surface area contributed by atoms with Crippen LogP contribution in [0, 0.1) is 29.1 Å². The molecule has 1 aliphatic rings. The summed E-state index contributed by atoms with van der Waals surface area (Å²) in [5.74, 6) is -7.03. The van der Waals surface area contributed by atoms with E-state index in [2.05, 4.69) is 26.6 Å². The zero-order valence-corrected chi connectivity index (χ0v) is 43.9. The molecule has 10 atom stereocenters. The molecule has 1 aromatic rings. The molecule has 10 unspecified atom stereocenters. The van der Waals surface area contributed by atoms with Crippen LogP contribution in [0.1, 0.15) is 114 Å². The Hall–Kier alpha value is -5.75. The summed E-state index contributed by atoms with van der Waals surface area (Å²) in [4.78, 5) is 129. The summed E-state index contributed by atoms with van der Waals surface area (Å²) in [5, 5.41) is 13.8. The van der Waals surface area contributed by atoms with Crippen LogP contribution in [0.3, 0.4) is 0 Å². The molecule has 0 aromatic heterocycles. The first-order valence-corrected chi connectivity index (χ1v) is 24.3. The number of ether oxygens (including phenoxy) is 2. The number of nitrogens with zero attached hydrogens (tertiary/aromatic N) is 3. The van der Waals surface area contributed by atoms with E-state index in [1.807, 2.05) is 13.8 Å². The van der Waals surface area contributed by atoms with Gasteiger partial charge in [-0.3, -0.25) is 43.2 Å². The molecule has 0 spiro atoms. The SMILES string of the molecule is CCC(C)C1OC(=O)C(C)C(CC)NC(=O)C(C)NC(=O)C(C)(C)CC(C)NC(=O)C(Cc2ccc(OC)cc2)N(C)C(=O)C(C(C)C)N(C)C(=O)CNC(=O)C(C(C)CC)N(C)C(=O)CNC1=O. The highest BCUT2D eigenvalue weighted by molar-refractivity contribution is 5.95. The van der Waals surface area contributed by atoms with Gasteiger partial charge in [0.05, 0.1) is 26.1 Å². The highest BCUT2D eigenvalue weighted by atomic mass is 16.5. The lowest BCUT2D eigenvalue weighted by Crippen LogP contribution is -2.59. The van der Waals surface area contributed by atoms with Gasteiger partial charge < -0.3 is 50.8 Å². The second-order valence-corrected chi connectivity index (χ2v) is 19.7. The fourth-order valence-electron chi connectivity index (χ4n) is 8.41. The average molecular weight is 971 g/mol. The van der Waals surface area contributed by atoms with Crippen molar-refractivity contribution in [2.75, 3.05) is 41.3 Å². The minimum atomic E-state index is -1.29. The van der Waals surface area contributed by atoms with Crippen molar-refractivity contribution >= 4 is 53.2 Å². The summed E-state index contributed by atoms with van der Waals surface area (Å²) in [7, 11) is 5.89. The molecule has 0 aliphatic carbocycles. The molecule has 0 radical (unpaired) electrons. The topological polar surface area (TPSA) is 242 Å². The normalized spacial score (nSPS) is 27.3. The van der Waals surface area contributed by atoms with Crippen molar-refractivity contribution in [2.45, 2.75) is 158 Å². The summed E-state index contributed by atoms with van der Waals surface area (Å²) in [6, 6.07) is 1.45. The van der Waals surface area contributed by atoms with Crippen LogP contribution in [0.25, 0.3) is 0 Å². The molecule has 1 aromatic carbocycles. The van der Waals surface area contributed by atoms with Gasteiger partial charge >= 0.3 is 5.97 Å². The Balaban J connectivity index is 2.65. The van der Waals surface area contributed by atoms with Crippen LogP contribution < -0.4 is 31.3 Å². The molecule has 1 heterocycles. The lowest BCUT2D eigenvalue weighted by Gasteiger charge is -2.37. The molecule has 19 heteroatoms. The van der Waals surface area contributed by atoms with E-state index in [4.69, 9.17) is 9.47 Å². The third-order valence-electron chi connectivity index (χ3n) is 13.5. The highest BCUT2D eigenvalue weighted by Crippen LogP contribution is 2.25. The molecule has 8 amide bonds. The number of nitrogens with one attached hydrogen (secondary N) is 5. The van der Waals surface area contributed by atoms with Crippen LogP contribution in [0.2, 0.25) is 0 Å². The second-order valence-electron chi connectivity index (χ2n) is 19.7. The smallest absolute Gasteiger partial charge is 0.311 e.